The molecule has 0 aliphatic carbocycles. The Morgan fingerprint density at radius 3 is 2.25 bits per heavy atom. The van der Waals surface area contributed by atoms with Gasteiger partial charge in [-0.3, -0.25) is 0 Å². The van der Waals surface area contributed by atoms with Crippen LogP contribution in [0.4, 0.5) is 0 Å². The van der Waals surface area contributed by atoms with E-state index in [1.807, 2.05) is 13.8 Å². The van der Waals surface area contributed by atoms with Crippen molar-refractivity contribution in [3.8, 4) is 5.75 Å². The molecule has 0 fully saturated rings. The summed E-state index contributed by atoms with van der Waals surface area (Å²) in [6.45, 7) is 10.4. The third-order valence-electron chi connectivity index (χ3n) is 2.69. The molecule has 0 aromatic heterocycles. The van der Waals surface area contributed by atoms with Crippen LogP contribution < -0.4 is 5.32 Å². The maximum Gasteiger partial charge on any atom is 0.121 e. The fourth-order valence-corrected chi connectivity index (χ4v) is 1.81. The quantitative estimate of drug-likeness (QED) is 0.749. The van der Waals surface area contributed by atoms with E-state index in [-0.39, 0.29) is 0 Å². The van der Waals surface area contributed by atoms with E-state index in [9.17, 15) is 5.11 Å². The Labute approximate surface area is 98.7 Å². The molecule has 0 spiro atoms. The lowest BCUT2D eigenvalue weighted by Gasteiger charge is -2.10. The second-order valence-electron chi connectivity index (χ2n) is 4.93. The molecular weight excluding hydrogens is 198 g/mol. The van der Waals surface area contributed by atoms with E-state index in [1.54, 1.807) is 0 Å². The average Bonchev–Trinajstić information content (AvgIpc) is 2.20. The number of nitrogens with one attached hydrogen (secondary N) is 1. The average molecular weight is 221 g/mol. The molecule has 16 heavy (non-hydrogen) atoms. The van der Waals surface area contributed by atoms with Gasteiger partial charge in [-0.1, -0.05) is 26.0 Å². The summed E-state index contributed by atoms with van der Waals surface area (Å²) >= 11 is 0. The highest BCUT2D eigenvalue weighted by atomic mass is 16.3. The topological polar surface area (TPSA) is 32.3 Å². The van der Waals surface area contributed by atoms with Crippen LogP contribution in [-0.4, -0.2) is 18.2 Å². The molecule has 0 saturated heterocycles. The second kappa shape index (κ2) is 5.90. The molecular formula is C14H23NO. The minimum Gasteiger partial charge on any atom is -0.507 e. The Morgan fingerprint density at radius 2 is 1.75 bits per heavy atom. The number of aryl methyl sites for hydroxylation is 2. The zero-order valence-electron chi connectivity index (χ0n) is 10.8. The van der Waals surface area contributed by atoms with Gasteiger partial charge in [0, 0.05) is 0 Å². The summed E-state index contributed by atoms with van der Waals surface area (Å²) in [7, 11) is 0. The highest BCUT2D eigenvalue weighted by Gasteiger charge is 2.03. The van der Waals surface area contributed by atoms with Gasteiger partial charge in [0.1, 0.15) is 5.75 Å². The van der Waals surface area contributed by atoms with Crippen LogP contribution in [0.25, 0.3) is 0 Å². The molecule has 0 atom stereocenters. The van der Waals surface area contributed by atoms with Crippen molar-refractivity contribution in [1.29, 1.82) is 0 Å². The van der Waals surface area contributed by atoms with Gasteiger partial charge in [0.25, 0.3) is 0 Å². The summed E-state index contributed by atoms with van der Waals surface area (Å²) in [6.07, 6.45) is 1.02. The number of hydrogen-bond acceptors (Lipinski definition) is 2. The van der Waals surface area contributed by atoms with E-state index in [0.717, 1.165) is 30.6 Å². The number of rotatable bonds is 5. The molecule has 1 rings (SSSR count). The fourth-order valence-electron chi connectivity index (χ4n) is 1.81. The molecule has 2 N–H and O–H groups in total. The number of hydrogen-bond donors (Lipinski definition) is 2. The Balaban J connectivity index is 2.49. The van der Waals surface area contributed by atoms with Crippen molar-refractivity contribution in [3.63, 3.8) is 0 Å². The van der Waals surface area contributed by atoms with Gasteiger partial charge in [0.05, 0.1) is 0 Å². The van der Waals surface area contributed by atoms with E-state index in [0.29, 0.717) is 11.7 Å². The Morgan fingerprint density at radius 1 is 1.19 bits per heavy atom. The lowest BCUT2D eigenvalue weighted by atomic mass is 10.0. The predicted molar refractivity (Wildman–Crippen MR) is 69.0 cm³/mol. The number of benzene rings is 1. The molecule has 0 unspecified atom stereocenters. The number of phenols is 1. The van der Waals surface area contributed by atoms with Crippen LogP contribution in [0.1, 0.15) is 30.5 Å². The highest BCUT2D eigenvalue weighted by Crippen LogP contribution is 2.22. The van der Waals surface area contributed by atoms with Gasteiger partial charge in [-0.05, 0) is 56.0 Å². The van der Waals surface area contributed by atoms with E-state index in [2.05, 4.69) is 31.3 Å². The first-order valence-electron chi connectivity index (χ1n) is 6.00. The van der Waals surface area contributed by atoms with Gasteiger partial charge in [-0.2, -0.15) is 0 Å². The Hall–Kier alpha value is -1.02. The monoisotopic (exact) mass is 221 g/mol. The highest BCUT2D eigenvalue weighted by molar-refractivity contribution is 5.42. The van der Waals surface area contributed by atoms with Crippen molar-refractivity contribution in [2.75, 3.05) is 13.1 Å². The number of aromatic hydroxyl groups is 1. The molecule has 90 valence electrons. The summed E-state index contributed by atoms with van der Waals surface area (Å²) < 4.78 is 0. The SMILES string of the molecule is Cc1cc(CCNCC(C)C)cc(C)c1O. The minimum absolute atomic E-state index is 0.430. The lowest BCUT2D eigenvalue weighted by molar-refractivity contribution is 0.466. The van der Waals surface area contributed by atoms with Gasteiger partial charge in [-0.15, -0.1) is 0 Å². The first-order chi connectivity index (χ1) is 7.50. The normalized spacial score (nSPS) is 11.1. The van der Waals surface area contributed by atoms with Crippen LogP contribution in [0.2, 0.25) is 0 Å². The molecule has 0 saturated carbocycles. The molecule has 0 aliphatic heterocycles. The van der Waals surface area contributed by atoms with E-state index in [4.69, 9.17) is 0 Å². The minimum atomic E-state index is 0.430. The van der Waals surface area contributed by atoms with Crippen LogP contribution in [0.5, 0.6) is 5.75 Å². The van der Waals surface area contributed by atoms with E-state index < -0.39 is 0 Å². The van der Waals surface area contributed by atoms with Crippen molar-refractivity contribution < 1.29 is 5.11 Å². The van der Waals surface area contributed by atoms with Gasteiger partial charge in [-0.25, -0.2) is 0 Å². The Bertz CT molecular complexity index is 322. The van der Waals surface area contributed by atoms with Gasteiger partial charge < -0.3 is 10.4 Å². The van der Waals surface area contributed by atoms with Crippen LogP contribution in [0, 0.1) is 19.8 Å². The fraction of sp³-hybridized carbons (Fsp3) is 0.571. The first-order valence-corrected chi connectivity index (χ1v) is 6.00. The van der Waals surface area contributed by atoms with Crippen molar-refractivity contribution in [2.24, 2.45) is 5.92 Å². The molecule has 2 nitrogen and oxygen atoms in total. The van der Waals surface area contributed by atoms with Crippen LogP contribution in [0.3, 0.4) is 0 Å². The van der Waals surface area contributed by atoms with Gasteiger partial charge in [0.2, 0.25) is 0 Å². The standard InChI is InChI=1S/C14H23NO/c1-10(2)9-15-6-5-13-7-11(3)14(16)12(4)8-13/h7-8,10,15-16H,5-6,9H2,1-4H3. The zero-order valence-corrected chi connectivity index (χ0v) is 10.8. The summed E-state index contributed by atoms with van der Waals surface area (Å²) in [5.41, 5.74) is 3.24. The molecule has 2 heteroatoms. The first kappa shape index (κ1) is 13.0. The smallest absolute Gasteiger partial charge is 0.121 e. The maximum absolute atomic E-state index is 9.66. The van der Waals surface area contributed by atoms with E-state index in [1.165, 1.54) is 5.56 Å². The largest absolute Gasteiger partial charge is 0.507 e. The second-order valence-corrected chi connectivity index (χ2v) is 4.93. The molecule has 0 amide bonds. The lowest BCUT2D eigenvalue weighted by Crippen LogP contribution is -2.22. The molecule has 0 aliphatic rings. The van der Waals surface area contributed by atoms with Crippen LogP contribution in [0.15, 0.2) is 12.1 Å². The molecule has 0 radical (unpaired) electrons. The predicted octanol–water partition coefficient (Wildman–Crippen LogP) is 2.80. The van der Waals surface area contributed by atoms with Crippen molar-refractivity contribution in [3.05, 3.63) is 28.8 Å². The summed E-state index contributed by atoms with van der Waals surface area (Å²) in [4.78, 5) is 0. The van der Waals surface area contributed by atoms with Crippen LogP contribution >= 0.6 is 0 Å². The number of phenolic OH excluding ortho intramolecular Hbond substituents is 1. The van der Waals surface area contributed by atoms with Crippen LogP contribution in [-0.2, 0) is 6.42 Å². The van der Waals surface area contributed by atoms with E-state index >= 15 is 0 Å². The zero-order chi connectivity index (χ0) is 12.1. The third kappa shape index (κ3) is 3.86. The third-order valence-corrected chi connectivity index (χ3v) is 2.69. The molecule has 1 aromatic rings. The van der Waals surface area contributed by atoms with Crippen molar-refractivity contribution in [1.82, 2.24) is 5.32 Å². The molecule has 0 heterocycles. The van der Waals surface area contributed by atoms with Gasteiger partial charge >= 0.3 is 0 Å². The Kier molecular flexibility index (Phi) is 4.81. The van der Waals surface area contributed by atoms with Crippen molar-refractivity contribution >= 4 is 0 Å². The molecule has 0 bridgehead atoms. The van der Waals surface area contributed by atoms with Crippen molar-refractivity contribution in [2.45, 2.75) is 34.1 Å². The maximum atomic E-state index is 9.66. The summed E-state index contributed by atoms with van der Waals surface area (Å²) in [5, 5.41) is 13.1. The molecule has 1 aromatic carbocycles. The summed E-state index contributed by atoms with van der Waals surface area (Å²) in [5.74, 6) is 1.13. The summed E-state index contributed by atoms with van der Waals surface area (Å²) in [6, 6.07) is 4.14. The van der Waals surface area contributed by atoms with Gasteiger partial charge in [0.15, 0.2) is 0 Å².